The molecule has 0 saturated carbocycles. The van der Waals surface area contributed by atoms with Crippen molar-refractivity contribution < 1.29 is 13.9 Å². The molecule has 1 fully saturated rings. The maximum Gasteiger partial charge on any atom is 0.410 e. The zero-order chi connectivity index (χ0) is 14.8. The average molecular weight is 280 g/mol. The van der Waals surface area contributed by atoms with E-state index < -0.39 is 5.60 Å². The molecule has 1 unspecified atom stereocenters. The van der Waals surface area contributed by atoms with Gasteiger partial charge in [-0.2, -0.15) is 0 Å². The number of furan rings is 1. The van der Waals surface area contributed by atoms with Crippen LogP contribution in [0.2, 0.25) is 0 Å². The van der Waals surface area contributed by atoms with Crippen LogP contribution in [0.4, 0.5) is 4.79 Å². The summed E-state index contributed by atoms with van der Waals surface area (Å²) in [5, 5.41) is 3.49. The van der Waals surface area contributed by atoms with E-state index in [0.29, 0.717) is 25.2 Å². The highest BCUT2D eigenvalue weighted by Crippen LogP contribution is 2.16. The Labute approximate surface area is 120 Å². The van der Waals surface area contributed by atoms with Crippen LogP contribution in [0.3, 0.4) is 0 Å². The highest BCUT2D eigenvalue weighted by Gasteiger charge is 2.34. The third-order valence-corrected chi connectivity index (χ3v) is 3.14. The van der Waals surface area contributed by atoms with Gasteiger partial charge in [0.2, 0.25) is 0 Å². The molecule has 1 aliphatic rings. The van der Waals surface area contributed by atoms with Crippen molar-refractivity contribution >= 4 is 6.09 Å². The van der Waals surface area contributed by atoms with Crippen LogP contribution in [0.15, 0.2) is 22.8 Å². The van der Waals surface area contributed by atoms with Gasteiger partial charge in [-0.1, -0.05) is 0 Å². The number of rotatable bonds is 4. The molecule has 1 N–H and O–H groups in total. The lowest BCUT2D eigenvalue weighted by Gasteiger charge is -2.41. The molecule has 1 amide bonds. The van der Waals surface area contributed by atoms with Gasteiger partial charge in [-0.25, -0.2) is 4.79 Å². The molecule has 0 aliphatic carbocycles. The zero-order valence-electron chi connectivity index (χ0n) is 12.7. The first kappa shape index (κ1) is 14.9. The number of amides is 1. The molecular weight excluding hydrogens is 256 g/mol. The fourth-order valence-electron chi connectivity index (χ4n) is 2.25. The molecule has 1 aromatic heterocycles. The maximum absolute atomic E-state index is 11.8. The van der Waals surface area contributed by atoms with Gasteiger partial charge < -0.3 is 19.4 Å². The number of hydrogen-bond donors (Lipinski definition) is 1. The molecular formula is C15H24N2O3. The summed E-state index contributed by atoms with van der Waals surface area (Å²) in [5.74, 6) is 0.980. The van der Waals surface area contributed by atoms with Crippen LogP contribution in [0, 0.1) is 0 Å². The van der Waals surface area contributed by atoms with Gasteiger partial charge in [-0.3, -0.25) is 0 Å². The number of carbonyl (C=O) groups is 1. The summed E-state index contributed by atoms with van der Waals surface area (Å²) >= 11 is 0. The molecule has 5 nitrogen and oxygen atoms in total. The number of nitrogens with zero attached hydrogens (tertiary/aromatic N) is 1. The molecule has 2 heterocycles. The summed E-state index contributed by atoms with van der Waals surface area (Å²) < 4.78 is 10.7. The van der Waals surface area contributed by atoms with Crippen molar-refractivity contribution in [3.63, 3.8) is 0 Å². The van der Waals surface area contributed by atoms with E-state index in [1.807, 2.05) is 32.9 Å². The van der Waals surface area contributed by atoms with Crippen LogP contribution in [0.1, 0.15) is 33.5 Å². The molecule has 1 aromatic rings. The summed E-state index contributed by atoms with van der Waals surface area (Å²) in [4.78, 5) is 13.5. The van der Waals surface area contributed by atoms with Crippen molar-refractivity contribution in [1.29, 1.82) is 0 Å². The van der Waals surface area contributed by atoms with Crippen LogP contribution in [-0.4, -0.2) is 41.8 Å². The van der Waals surface area contributed by atoms with Crippen molar-refractivity contribution in [3.05, 3.63) is 24.2 Å². The highest BCUT2D eigenvalue weighted by molar-refractivity contribution is 5.69. The fourth-order valence-corrected chi connectivity index (χ4v) is 2.25. The third-order valence-electron chi connectivity index (χ3n) is 3.14. The summed E-state index contributed by atoms with van der Waals surface area (Å²) in [7, 11) is 0. The van der Waals surface area contributed by atoms with Gasteiger partial charge in [-0.05, 0) is 39.8 Å². The van der Waals surface area contributed by atoms with E-state index in [1.165, 1.54) is 0 Å². The number of likely N-dealkylation sites (tertiary alicyclic amines) is 1. The number of carbonyl (C=O) groups excluding carboxylic acids is 1. The lowest BCUT2D eigenvalue weighted by atomic mass is 10.1. The molecule has 1 aliphatic heterocycles. The van der Waals surface area contributed by atoms with Crippen LogP contribution >= 0.6 is 0 Å². The number of hydrogen-bond acceptors (Lipinski definition) is 4. The number of ether oxygens (including phenoxy) is 1. The SMILES string of the molecule is CC(Cc1ccco1)NC1CN(C(=O)OC(C)(C)C)C1. The van der Waals surface area contributed by atoms with Crippen LogP contribution in [-0.2, 0) is 11.2 Å². The molecule has 112 valence electrons. The van der Waals surface area contributed by atoms with E-state index in [9.17, 15) is 4.79 Å². The van der Waals surface area contributed by atoms with Gasteiger partial charge in [0.25, 0.3) is 0 Å². The van der Waals surface area contributed by atoms with E-state index in [4.69, 9.17) is 9.15 Å². The normalized spacial score (nSPS) is 17.7. The summed E-state index contributed by atoms with van der Waals surface area (Å²) in [6.07, 6.45) is 2.32. The Balaban J connectivity index is 1.67. The Morgan fingerprint density at radius 3 is 2.80 bits per heavy atom. The quantitative estimate of drug-likeness (QED) is 0.920. The van der Waals surface area contributed by atoms with Crippen LogP contribution < -0.4 is 5.32 Å². The molecule has 20 heavy (non-hydrogen) atoms. The Kier molecular flexibility index (Phi) is 4.38. The topological polar surface area (TPSA) is 54.7 Å². The molecule has 1 saturated heterocycles. The predicted molar refractivity (Wildman–Crippen MR) is 76.6 cm³/mol. The van der Waals surface area contributed by atoms with E-state index in [2.05, 4.69) is 12.2 Å². The second-order valence-corrected chi connectivity index (χ2v) is 6.43. The first-order valence-corrected chi connectivity index (χ1v) is 7.10. The van der Waals surface area contributed by atoms with Crippen molar-refractivity contribution in [2.24, 2.45) is 0 Å². The van der Waals surface area contributed by atoms with Crippen molar-refractivity contribution in [1.82, 2.24) is 10.2 Å². The monoisotopic (exact) mass is 280 g/mol. The maximum atomic E-state index is 11.8. The fraction of sp³-hybridized carbons (Fsp3) is 0.667. The van der Waals surface area contributed by atoms with Gasteiger partial charge in [0.1, 0.15) is 11.4 Å². The Morgan fingerprint density at radius 1 is 1.55 bits per heavy atom. The molecule has 0 radical (unpaired) electrons. The smallest absolute Gasteiger partial charge is 0.410 e. The largest absolute Gasteiger partial charge is 0.469 e. The van der Waals surface area contributed by atoms with Gasteiger partial charge in [0.15, 0.2) is 0 Å². The molecule has 5 heteroatoms. The number of nitrogens with one attached hydrogen (secondary N) is 1. The third kappa shape index (κ3) is 4.27. The summed E-state index contributed by atoms with van der Waals surface area (Å²) in [6, 6.07) is 4.54. The van der Waals surface area contributed by atoms with E-state index >= 15 is 0 Å². The summed E-state index contributed by atoms with van der Waals surface area (Å²) in [6.45, 7) is 9.18. The lowest BCUT2D eigenvalue weighted by Crippen LogP contribution is -2.62. The Morgan fingerprint density at radius 2 is 2.25 bits per heavy atom. The van der Waals surface area contributed by atoms with Gasteiger partial charge in [0, 0.05) is 31.6 Å². The molecule has 1 atom stereocenters. The minimum absolute atomic E-state index is 0.228. The molecule has 0 aromatic carbocycles. The van der Waals surface area contributed by atoms with E-state index in [-0.39, 0.29) is 6.09 Å². The predicted octanol–water partition coefficient (Wildman–Crippen LogP) is 2.42. The van der Waals surface area contributed by atoms with Crippen molar-refractivity contribution in [3.8, 4) is 0 Å². The molecule has 2 rings (SSSR count). The van der Waals surface area contributed by atoms with Gasteiger partial charge in [-0.15, -0.1) is 0 Å². The van der Waals surface area contributed by atoms with Crippen LogP contribution in [0.5, 0.6) is 0 Å². The van der Waals surface area contributed by atoms with Gasteiger partial charge in [0.05, 0.1) is 6.26 Å². The second kappa shape index (κ2) is 5.87. The Hall–Kier alpha value is -1.49. The zero-order valence-corrected chi connectivity index (χ0v) is 12.7. The summed E-state index contributed by atoms with van der Waals surface area (Å²) in [5.41, 5.74) is -0.428. The van der Waals surface area contributed by atoms with Crippen molar-refractivity contribution in [2.45, 2.75) is 51.8 Å². The van der Waals surface area contributed by atoms with E-state index in [0.717, 1.165) is 12.2 Å². The lowest BCUT2D eigenvalue weighted by molar-refractivity contribution is 0.00430. The second-order valence-electron chi connectivity index (χ2n) is 6.43. The first-order chi connectivity index (χ1) is 9.33. The first-order valence-electron chi connectivity index (χ1n) is 7.10. The standard InChI is InChI=1S/C15H24N2O3/c1-11(8-13-6-5-7-19-13)16-12-9-17(10-12)14(18)20-15(2,3)4/h5-7,11-12,16H,8-10H2,1-4H3. The van der Waals surface area contributed by atoms with Gasteiger partial charge >= 0.3 is 6.09 Å². The average Bonchev–Trinajstić information content (AvgIpc) is 2.72. The molecule has 0 bridgehead atoms. The Bertz CT molecular complexity index is 430. The highest BCUT2D eigenvalue weighted by atomic mass is 16.6. The minimum Gasteiger partial charge on any atom is -0.469 e. The van der Waals surface area contributed by atoms with Crippen molar-refractivity contribution in [2.75, 3.05) is 13.1 Å². The van der Waals surface area contributed by atoms with Crippen LogP contribution in [0.25, 0.3) is 0 Å². The van der Waals surface area contributed by atoms with E-state index in [1.54, 1.807) is 11.2 Å². The molecule has 0 spiro atoms. The minimum atomic E-state index is -0.428.